The van der Waals surface area contributed by atoms with E-state index < -0.39 is 0 Å². The van der Waals surface area contributed by atoms with Crippen molar-refractivity contribution < 1.29 is 0 Å². The number of para-hydroxylation sites is 1. The third kappa shape index (κ3) is 5.62. The fourth-order valence-corrected chi connectivity index (χ4v) is 2.82. The number of nitrogens with zero attached hydrogens (tertiary/aromatic N) is 1. The smallest absolute Gasteiger partial charge is 0.0786 e. The zero-order valence-corrected chi connectivity index (χ0v) is 14.1. The number of halogens is 1. The minimum absolute atomic E-state index is 0.480. The van der Waals surface area contributed by atoms with E-state index in [-0.39, 0.29) is 0 Å². The third-order valence-electron chi connectivity index (χ3n) is 3.58. The van der Waals surface area contributed by atoms with Gasteiger partial charge in [0.05, 0.1) is 16.4 Å². The molecular formula is C17H29ClN2. The summed E-state index contributed by atoms with van der Waals surface area (Å²) in [7, 11) is 4.06. The second-order valence-corrected chi connectivity index (χ2v) is 6.19. The van der Waals surface area contributed by atoms with Gasteiger partial charge in [-0.05, 0) is 25.5 Å². The molecule has 0 radical (unpaired) electrons. The van der Waals surface area contributed by atoms with Crippen LogP contribution >= 0.6 is 11.6 Å². The van der Waals surface area contributed by atoms with Crippen molar-refractivity contribution in [3.05, 3.63) is 23.2 Å². The van der Waals surface area contributed by atoms with E-state index in [9.17, 15) is 0 Å². The molecule has 1 rings (SSSR count). The average Bonchev–Trinajstić information content (AvgIpc) is 2.38. The quantitative estimate of drug-likeness (QED) is 0.600. The Labute approximate surface area is 129 Å². The largest absolute Gasteiger partial charge is 0.381 e. The molecule has 3 heteroatoms. The fourth-order valence-electron chi connectivity index (χ4n) is 2.48. The summed E-state index contributed by atoms with van der Waals surface area (Å²) < 4.78 is 0. The van der Waals surface area contributed by atoms with E-state index in [0.29, 0.717) is 6.04 Å². The van der Waals surface area contributed by atoms with Gasteiger partial charge in [-0.2, -0.15) is 0 Å². The zero-order chi connectivity index (χ0) is 15.0. The Morgan fingerprint density at radius 2 is 1.85 bits per heavy atom. The number of unbranched alkanes of at least 4 members (excludes halogenated alkanes) is 4. The average molecular weight is 297 g/mol. The first-order valence-corrected chi connectivity index (χ1v) is 8.16. The van der Waals surface area contributed by atoms with Crippen LogP contribution in [-0.2, 0) is 0 Å². The van der Waals surface area contributed by atoms with Gasteiger partial charge in [0.25, 0.3) is 0 Å². The Bertz CT molecular complexity index is 391. The van der Waals surface area contributed by atoms with Gasteiger partial charge in [-0.25, -0.2) is 0 Å². The topological polar surface area (TPSA) is 15.3 Å². The Kier molecular flexibility index (Phi) is 7.83. The highest BCUT2D eigenvalue weighted by Gasteiger charge is 2.11. The lowest BCUT2D eigenvalue weighted by molar-refractivity contribution is 0.578. The highest BCUT2D eigenvalue weighted by atomic mass is 35.5. The molecule has 1 unspecified atom stereocenters. The van der Waals surface area contributed by atoms with Gasteiger partial charge in [0.15, 0.2) is 0 Å². The monoisotopic (exact) mass is 296 g/mol. The van der Waals surface area contributed by atoms with Crippen LogP contribution in [0, 0.1) is 0 Å². The molecule has 0 spiro atoms. The highest BCUT2D eigenvalue weighted by molar-refractivity contribution is 6.34. The Balaban J connectivity index is 2.49. The standard InChI is InChI=1S/C17H29ClN2/c1-5-6-7-8-9-11-14(2)19-16-13-10-12-15(18)17(16)20(3)4/h10,12-14,19H,5-9,11H2,1-4H3. The second-order valence-electron chi connectivity index (χ2n) is 5.78. The number of anilines is 2. The Morgan fingerprint density at radius 3 is 2.50 bits per heavy atom. The molecule has 2 nitrogen and oxygen atoms in total. The molecule has 0 aromatic heterocycles. The summed E-state index contributed by atoms with van der Waals surface area (Å²) in [6.45, 7) is 4.51. The fraction of sp³-hybridized carbons (Fsp3) is 0.647. The number of rotatable bonds is 9. The van der Waals surface area contributed by atoms with Crippen molar-refractivity contribution in [3.8, 4) is 0 Å². The number of benzene rings is 1. The van der Waals surface area contributed by atoms with Gasteiger partial charge in [0.2, 0.25) is 0 Å². The molecule has 1 N–H and O–H groups in total. The van der Waals surface area contributed by atoms with Crippen LogP contribution in [0.4, 0.5) is 11.4 Å². The first-order valence-electron chi connectivity index (χ1n) is 7.78. The maximum atomic E-state index is 6.29. The summed E-state index contributed by atoms with van der Waals surface area (Å²) in [5, 5.41) is 4.40. The Hall–Kier alpha value is -0.890. The molecule has 0 amide bonds. The van der Waals surface area contributed by atoms with Gasteiger partial charge in [0.1, 0.15) is 0 Å². The summed E-state index contributed by atoms with van der Waals surface area (Å²) in [5.41, 5.74) is 2.20. The molecule has 1 aromatic carbocycles. The van der Waals surface area contributed by atoms with E-state index in [1.807, 2.05) is 26.2 Å². The predicted molar refractivity (Wildman–Crippen MR) is 92.2 cm³/mol. The lowest BCUT2D eigenvalue weighted by Gasteiger charge is -2.23. The van der Waals surface area contributed by atoms with Gasteiger partial charge < -0.3 is 10.2 Å². The maximum Gasteiger partial charge on any atom is 0.0786 e. The highest BCUT2D eigenvalue weighted by Crippen LogP contribution is 2.33. The summed E-state index contributed by atoms with van der Waals surface area (Å²) in [5.74, 6) is 0. The molecule has 0 aliphatic heterocycles. The van der Waals surface area contributed by atoms with Crippen molar-refractivity contribution in [1.29, 1.82) is 0 Å². The van der Waals surface area contributed by atoms with Gasteiger partial charge in [0, 0.05) is 20.1 Å². The van der Waals surface area contributed by atoms with Crippen LogP contribution in [-0.4, -0.2) is 20.1 Å². The first kappa shape index (κ1) is 17.2. The molecule has 1 atom stereocenters. The minimum atomic E-state index is 0.480. The molecule has 20 heavy (non-hydrogen) atoms. The molecule has 0 heterocycles. The van der Waals surface area contributed by atoms with Gasteiger partial charge in [-0.15, -0.1) is 0 Å². The van der Waals surface area contributed by atoms with Crippen molar-refractivity contribution in [2.75, 3.05) is 24.3 Å². The molecular weight excluding hydrogens is 268 g/mol. The van der Waals surface area contributed by atoms with E-state index in [1.165, 1.54) is 38.5 Å². The van der Waals surface area contributed by atoms with E-state index in [1.54, 1.807) is 0 Å². The molecule has 0 aliphatic rings. The molecule has 0 saturated heterocycles. The van der Waals surface area contributed by atoms with Crippen molar-refractivity contribution in [2.45, 2.75) is 58.4 Å². The lowest BCUT2D eigenvalue weighted by Crippen LogP contribution is -2.18. The SMILES string of the molecule is CCCCCCCC(C)Nc1cccc(Cl)c1N(C)C. The third-order valence-corrected chi connectivity index (χ3v) is 3.88. The molecule has 114 valence electrons. The Morgan fingerprint density at radius 1 is 1.15 bits per heavy atom. The van der Waals surface area contributed by atoms with Crippen LogP contribution in [0.1, 0.15) is 52.4 Å². The molecule has 0 saturated carbocycles. The predicted octanol–water partition coefficient (Wildman–Crippen LogP) is 5.57. The van der Waals surface area contributed by atoms with Crippen LogP contribution in [0.15, 0.2) is 18.2 Å². The summed E-state index contributed by atoms with van der Waals surface area (Å²) in [6, 6.07) is 6.53. The van der Waals surface area contributed by atoms with E-state index in [2.05, 4.69) is 30.1 Å². The van der Waals surface area contributed by atoms with Crippen LogP contribution in [0.5, 0.6) is 0 Å². The van der Waals surface area contributed by atoms with Gasteiger partial charge >= 0.3 is 0 Å². The zero-order valence-electron chi connectivity index (χ0n) is 13.4. The van der Waals surface area contributed by atoms with Crippen molar-refractivity contribution in [3.63, 3.8) is 0 Å². The minimum Gasteiger partial charge on any atom is -0.381 e. The van der Waals surface area contributed by atoms with Crippen LogP contribution in [0.25, 0.3) is 0 Å². The van der Waals surface area contributed by atoms with E-state index >= 15 is 0 Å². The molecule has 0 bridgehead atoms. The van der Waals surface area contributed by atoms with Crippen molar-refractivity contribution in [2.24, 2.45) is 0 Å². The van der Waals surface area contributed by atoms with Gasteiger partial charge in [-0.1, -0.05) is 56.7 Å². The van der Waals surface area contributed by atoms with E-state index in [4.69, 9.17) is 11.6 Å². The van der Waals surface area contributed by atoms with Crippen LogP contribution < -0.4 is 10.2 Å². The maximum absolute atomic E-state index is 6.29. The number of hydrogen-bond donors (Lipinski definition) is 1. The number of nitrogens with one attached hydrogen (secondary N) is 1. The van der Waals surface area contributed by atoms with Crippen molar-refractivity contribution >= 4 is 23.0 Å². The van der Waals surface area contributed by atoms with E-state index in [0.717, 1.165) is 16.4 Å². The summed E-state index contributed by atoms with van der Waals surface area (Å²) in [4.78, 5) is 2.07. The molecule has 1 aromatic rings. The molecule has 0 aliphatic carbocycles. The van der Waals surface area contributed by atoms with Crippen molar-refractivity contribution in [1.82, 2.24) is 0 Å². The molecule has 0 fully saturated rings. The summed E-state index contributed by atoms with van der Waals surface area (Å²) in [6.07, 6.45) is 7.89. The lowest BCUT2D eigenvalue weighted by atomic mass is 10.1. The van der Waals surface area contributed by atoms with Crippen LogP contribution in [0.3, 0.4) is 0 Å². The van der Waals surface area contributed by atoms with Gasteiger partial charge in [-0.3, -0.25) is 0 Å². The summed E-state index contributed by atoms with van der Waals surface area (Å²) >= 11 is 6.29. The second kappa shape index (κ2) is 9.12. The normalized spacial score (nSPS) is 12.2. The number of hydrogen-bond acceptors (Lipinski definition) is 2. The van der Waals surface area contributed by atoms with Crippen LogP contribution in [0.2, 0.25) is 5.02 Å². The first-order chi connectivity index (χ1) is 9.56.